The standard InChI is InChI=1S/C21H34O3S/c1-3-4-5-6-7-8-9-10-11-12-13-14-19-24-25(22,23)21-17-15-20(2)16-18-21/h12-13,15-18H,3-11,14,19H2,1-2H3/b13-12-. The van der Waals surface area contributed by atoms with E-state index in [1.54, 1.807) is 24.3 Å². The molecule has 0 aliphatic heterocycles. The van der Waals surface area contributed by atoms with Gasteiger partial charge in [-0.05, 0) is 38.3 Å². The zero-order chi connectivity index (χ0) is 18.4. The Labute approximate surface area is 154 Å². The van der Waals surface area contributed by atoms with E-state index in [2.05, 4.69) is 13.0 Å². The van der Waals surface area contributed by atoms with Gasteiger partial charge < -0.3 is 0 Å². The third-order valence-electron chi connectivity index (χ3n) is 4.22. The fraction of sp³-hybridized carbons (Fsp3) is 0.619. The van der Waals surface area contributed by atoms with Gasteiger partial charge in [-0.3, -0.25) is 4.18 Å². The van der Waals surface area contributed by atoms with Crippen molar-refractivity contribution in [3.63, 3.8) is 0 Å². The number of allylic oxidation sites excluding steroid dienone is 1. The van der Waals surface area contributed by atoms with Gasteiger partial charge >= 0.3 is 0 Å². The molecule has 4 heteroatoms. The Morgan fingerprint density at radius 1 is 0.840 bits per heavy atom. The molecule has 3 nitrogen and oxygen atoms in total. The predicted molar refractivity (Wildman–Crippen MR) is 105 cm³/mol. The van der Waals surface area contributed by atoms with Crippen LogP contribution in [0.1, 0.15) is 76.7 Å². The van der Waals surface area contributed by atoms with Crippen molar-refractivity contribution >= 4 is 10.1 Å². The van der Waals surface area contributed by atoms with E-state index in [9.17, 15) is 8.42 Å². The molecule has 0 aromatic heterocycles. The molecule has 0 heterocycles. The smallest absolute Gasteiger partial charge is 0.266 e. The molecule has 0 radical (unpaired) electrons. The lowest BCUT2D eigenvalue weighted by molar-refractivity contribution is 0.324. The fourth-order valence-electron chi connectivity index (χ4n) is 2.63. The van der Waals surface area contributed by atoms with Crippen LogP contribution in [0, 0.1) is 6.92 Å². The summed E-state index contributed by atoms with van der Waals surface area (Å²) >= 11 is 0. The largest absolute Gasteiger partial charge is 0.296 e. The second kappa shape index (κ2) is 13.1. The Morgan fingerprint density at radius 2 is 1.40 bits per heavy atom. The lowest BCUT2D eigenvalue weighted by Gasteiger charge is -2.04. The van der Waals surface area contributed by atoms with E-state index >= 15 is 0 Å². The maximum atomic E-state index is 12.0. The highest BCUT2D eigenvalue weighted by atomic mass is 32.2. The van der Waals surface area contributed by atoms with Crippen molar-refractivity contribution in [1.29, 1.82) is 0 Å². The third-order valence-corrected chi connectivity index (χ3v) is 5.55. The number of hydrogen-bond donors (Lipinski definition) is 0. The van der Waals surface area contributed by atoms with Crippen LogP contribution in [-0.2, 0) is 14.3 Å². The van der Waals surface area contributed by atoms with Gasteiger partial charge in [-0.15, -0.1) is 0 Å². The van der Waals surface area contributed by atoms with E-state index in [0.29, 0.717) is 6.42 Å². The van der Waals surface area contributed by atoms with Gasteiger partial charge in [0, 0.05) is 0 Å². The van der Waals surface area contributed by atoms with Gasteiger partial charge in [0.15, 0.2) is 0 Å². The summed E-state index contributed by atoms with van der Waals surface area (Å²) < 4.78 is 29.1. The molecular formula is C21H34O3S. The summed E-state index contributed by atoms with van der Waals surface area (Å²) in [4.78, 5) is 0.223. The van der Waals surface area contributed by atoms with Crippen LogP contribution >= 0.6 is 0 Å². The van der Waals surface area contributed by atoms with E-state index in [-0.39, 0.29) is 11.5 Å². The Balaban J connectivity index is 2.05. The maximum absolute atomic E-state index is 12.0. The molecule has 0 amide bonds. The van der Waals surface area contributed by atoms with Gasteiger partial charge in [-0.25, -0.2) is 0 Å². The Bertz CT molecular complexity index is 574. The molecular weight excluding hydrogens is 332 g/mol. The van der Waals surface area contributed by atoms with E-state index in [0.717, 1.165) is 12.0 Å². The summed E-state index contributed by atoms with van der Waals surface area (Å²) in [5.74, 6) is 0. The molecule has 0 fully saturated rings. The summed E-state index contributed by atoms with van der Waals surface area (Å²) in [6.07, 6.45) is 16.5. The molecule has 0 aliphatic carbocycles. The van der Waals surface area contributed by atoms with Crippen molar-refractivity contribution in [3.05, 3.63) is 42.0 Å². The minimum atomic E-state index is -3.63. The Kier molecular flexibility index (Phi) is 11.5. The van der Waals surface area contributed by atoms with Gasteiger partial charge in [0.2, 0.25) is 0 Å². The van der Waals surface area contributed by atoms with E-state index in [4.69, 9.17) is 4.18 Å². The van der Waals surface area contributed by atoms with Gasteiger partial charge in [0.1, 0.15) is 0 Å². The maximum Gasteiger partial charge on any atom is 0.296 e. The number of unbranched alkanes of at least 4 members (excludes halogenated alkanes) is 8. The average Bonchev–Trinajstić information content (AvgIpc) is 2.59. The van der Waals surface area contributed by atoms with Crippen LogP contribution in [-0.4, -0.2) is 15.0 Å². The normalized spacial score (nSPS) is 12.1. The molecule has 0 atom stereocenters. The SMILES string of the molecule is CCCCCCCCCC/C=C\CCOS(=O)(=O)c1ccc(C)cc1. The minimum absolute atomic E-state index is 0.199. The number of aryl methyl sites for hydroxylation is 1. The van der Waals surface area contributed by atoms with Gasteiger partial charge in [-0.2, -0.15) is 8.42 Å². The summed E-state index contributed by atoms with van der Waals surface area (Å²) in [6, 6.07) is 6.73. The lowest BCUT2D eigenvalue weighted by atomic mass is 10.1. The highest BCUT2D eigenvalue weighted by molar-refractivity contribution is 7.86. The summed E-state index contributed by atoms with van der Waals surface area (Å²) in [5.41, 5.74) is 1.03. The number of benzene rings is 1. The molecule has 0 aliphatic rings. The Hall–Kier alpha value is -1.13. The van der Waals surface area contributed by atoms with Crippen molar-refractivity contribution in [1.82, 2.24) is 0 Å². The van der Waals surface area contributed by atoms with Crippen LogP contribution in [0.5, 0.6) is 0 Å². The third kappa shape index (κ3) is 10.5. The quantitative estimate of drug-likeness (QED) is 0.224. The topological polar surface area (TPSA) is 43.4 Å². The number of hydrogen-bond acceptors (Lipinski definition) is 3. The first-order valence-electron chi connectivity index (χ1n) is 9.67. The van der Waals surface area contributed by atoms with Gasteiger partial charge in [-0.1, -0.05) is 81.7 Å². The van der Waals surface area contributed by atoms with Gasteiger partial charge in [0.25, 0.3) is 10.1 Å². The van der Waals surface area contributed by atoms with Crippen LogP contribution in [0.4, 0.5) is 0 Å². The first kappa shape index (κ1) is 21.9. The van der Waals surface area contributed by atoms with Crippen LogP contribution in [0.25, 0.3) is 0 Å². The molecule has 142 valence electrons. The Morgan fingerprint density at radius 3 is 2.04 bits per heavy atom. The second-order valence-electron chi connectivity index (χ2n) is 6.61. The zero-order valence-corrected chi connectivity index (χ0v) is 16.7. The van der Waals surface area contributed by atoms with Crippen LogP contribution < -0.4 is 0 Å². The lowest BCUT2D eigenvalue weighted by Crippen LogP contribution is -2.07. The van der Waals surface area contributed by atoms with Gasteiger partial charge in [0.05, 0.1) is 11.5 Å². The van der Waals surface area contributed by atoms with Crippen LogP contribution in [0.3, 0.4) is 0 Å². The molecule has 0 saturated heterocycles. The summed E-state index contributed by atoms with van der Waals surface area (Å²) in [5, 5.41) is 0. The molecule has 25 heavy (non-hydrogen) atoms. The predicted octanol–water partition coefficient (Wildman–Crippen LogP) is 6.18. The van der Waals surface area contributed by atoms with Crippen molar-refractivity contribution in [2.24, 2.45) is 0 Å². The first-order chi connectivity index (χ1) is 12.1. The summed E-state index contributed by atoms with van der Waals surface area (Å²) in [7, 11) is -3.63. The monoisotopic (exact) mass is 366 g/mol. The molecule has 1 rings (SSSR count). The van der Waals surface area contributed by atoms with E-state index < -0.39 is 10.1 Å². The van der Waals surface area contributed by atoms with Crippen LogP contribution in [0.2, 0.25) is 0 Å². The second-order valence-corrected chi connectivity index (χ2v) is 8.23. The van der Waals surface area contributed by atoms with Crippen molar-refractivity contribution in [2.45, 2.75) is 83.0 Å². The van der Waals surface area contributed by atoms with Crippen molar-refractivity contribution in [2.75, 3.05) is 6.61 Å². The van der Waals surface area contributed by atoms with E-state index in [1.807, 2.05) is 13.0 Å². The van der Waals surface area contributed by atoms with Crippen molar-refractivity contribution < 1.29 is 12.6 Å². The first-order valence-corrected chi connectivity index (χ1v) is 11.1. The van der Waals surface area contributed by atoms with Crippen LogP contribution in [0.15, 0.2) is 41.3 Å². The molecule has 0 N–H and O–H groups in total. The number of rotatable bonds is 14. The molecule has 0 spiro atoms. The molecule has 1 aromatic rings. The minimum Gasteiger partial charge on any atom is -0.266 e. The molecule has 0 unspecified atom stereocenters. The van der Waals surface area contributed by atoms with Crippen molar-refractivity contribution in [3.8, 4) is 0 Å². The molecule has 0 saturated carbocycles. The molecule has 1 aromatic carbocycles. The fourth-order valence-corrected chi connectivity index (χ4v) is 3.55. The zero-order valence-electron chi connectivity index (χ0n) is 15.9. The highest BCUT2D eigenvalue weighted by Crippen LogP contribution is 2.13. The molecule has 0 bridgehead atoms. The highest BCUT2D eigenvalue weighted by Gasteiger charge is 2.13. The van der Waals surface area contributed by atoms with E-state index in [1.165, 1.54) is 51.4 Å². The summed E-state index contributed by atoms with van der Waals surface area (Å²) in [6.45, 7) is 4.37. The average molecular weight is 367 g/mol.